The van der Waals surface area contributed by atoms with E-state index in [0.717, 1.165) is 5.56 Å². The number of likely N-dealkylation sites (tertiary alicyclic amines) is 1. The van der Waals surface area contributed by atoms with Gasteiger partial charge >= 0.3 is 0 Å². The highest BCUT2D eigenvalue weighted by atomic mass is 16.6. The van der Waals surface area contributed by atoms with Crippen LogP contribution in [0, 0.1) is 23.7 Å². The van der Waals surface area contributed by atoms with Crippen LogP contribution < -0.4 is 0 Å². The minimum atomic E-state index is -1.11. The molecule has 0 spiro atoms. The molecule has 8 atom stereocenters. The molecule has 0 radical (unpaired) electrons. The number of oxime groups is 1. The summed E-state index contributed by atoms with van der Waals surface area (Å²) >= 11 is 0. The number of carbonyl (C=O) groups is 2. The second kappa shape index (κ2) is 10.9. The standard InChI is InChI=1S/C27H35N5O6/c1-3-31-26(36)19-10-9-18-20(12-22(34)25(35)23(18)24(19)27(31)37)29-38-15(2)21-13-32(30-28-21)17(14-33)11-16-7-5-4-6-8-16/h4-8,13,15,17-19,22-25,33-35H,3,9-12,14H2,1-2H3/b29-20-/t15-,17-,18-,19-,22+,23-,24+,25+/m0/s1. The molecule has 11 nitrogen and oxygen atoms in total. The van der Waals surface area contributed by atoms with Crippen molar-refractivity contribution >= 4 is 17.5 Å². The van der Waals surface area contributed by atoms with Crippen molar-refractivity contribution < 1.29 is 29.7 Å². The Balaban J connectivity index is 1.30. The lowest BCUT2D eigenvalue weighted by molar-refractivity contribution is -0.141. The molecule has 38 heavy (non-hydrogen) atoms. The zero-order valence-corrected chi connectivity index (χ0v) is 21.6. The van der Waals surface area contributed by atoms with E-state index in [4.69, 9.17) is 4.84 Å². The number of aliphatic hydroxyl groups is 3. The topological polar surface area (TPSA) is 150 Å². The molecule has 3 N–H and O–H groups in total. The van der Waals surface area contributed by atoms with Crippen LogP contribution in [0.4, 0.5) is 0 Å². The van der Waals surface area contributed by atoms with E-state index in [0.29, 0.717) is 37.2 Å². The molecule has 2 aromatic rings. The van der Waals surface area contributed by atoms with Crippen LogP contribution in [-0.4, -0.2) is 78.1 Å². The Hall–Kier alpha value is -3.15. The van der Waals surface area contributed by atoms with Crippen molar-refractivity contribution in [2.24, 2.45) is 28.8 Å². The minimum Gasteiger partial charge on any atom is -0.394 e. The number of hydrogen-bond donors (Lipinski definition) is 3. The van der Waals surface area contributed by atoms with Gasteiger partial charge in [0.1, 0.15) is 5.69 Å². The Kier molecular flexibility index (Phi) is 7.60. The van der Waals surface area contributed by atoms with E-state index < -0.39 is 36.1 Å². The Morgan fingerprint density at radius 2 is 1.87 bits per heavy atom. The number of amides is 2. The smallest absolute Gasteiger partial charge is 0.233 e. The fraction of sp³-hybridized carbons (Fsp3) is 0.593. The zero-order valence-electron chi connectivity index (χ0n) is 21.6. The van der Waals surface area contributed by atoms with Gasteiger partial charge in [-0.1, -0.05) is 40.7 Å². The van der Waals surface area contributed by atoms with E-state index in [1.807, 2.05) is 30.3 Å². The average Bonchev–Trinajstić information content (AvgIpc) is 3.51. The van der Waals surface area contributed by atoms with Crippen molar-refractivity contribution in [2.75, 3.05) is 13.2 Å². The van der Waals surface area contributed by atoms with Crippen LogP contribution >= 0.6 is 0 Å². The van der Waals surface area contributed by atoms with Gasteiger partial charge in [0, 0.05) is 24.8 Å². The molecule has 1 aromatic carbocycles. The first-order valence-corrected chi connectivity index (χ1v) is 13.3. The number of hydrogen-bond acceptors (Lipinski definition) is 9. The largest absolute Gasteiger partial charge is 0.394 e. The normalized spacial score (nSPS) is 31.7. The summed E-state index contributed by atoms with van der Waals surface area (Å²) < 4.78 is 1.62. The van der Waals surface area contributed by atoms with Crippen LogP contribution in [-0.2, 0) is 20.8 Å². The third-order valence-electron chi connectivity index (χ3n) is 8.36. The van der Waals surface area contributed by atoms with Gasteiger partial charge < -0.3 is 20.2 Å². The van der Waals surface area contributed by atoms with Gasteiger partial charge in [-0.3, -0.25) is 14.5 Å². The fourth-order valence-electron chi connectivity index (χ4n) is 6.33. The molecule has 11 heteroatoms. The molecule has 2 heterocycles. The molecule has 2 aliphatic carbocycles. The first-order chi connectivity index (χ1) is 18.3. The summed E-state index contributed by atoms with van der Waals surface area (Å²) in [7, 11) is 0. The summed E-state index contributed by atoms with van der Waals surface area (Å²) in [5, 5.41) is 44.2. The lowest BCUT2D eigenvalue weighted by Gasteiger charge is -2.45. The molecule has 2 amide bonds. The fourth-order valence-corrected chi connectivity index (χ4v) is 6.33. The quantitative estimate of drug-likeness (QED) is 0.344. The van der Waals surface area contributed by atoms with E-state index in [2.05, 4.69) is 15.5 Å². The summed E-state index contributed by atoms with van der Waals surface area (Å²) in [5.74, 6) is -2.44. The lowest BCUT2D eigenvalue weighted by Crippen LogP contribution is -2.54. The molecule has 1 aromatic heterocycles. The van der Waals surface area contributed by atoms with Crippen molar-refractivity contribution in [3.63, 3.8) is 0 Å². The maximum Gasteiger partial charge on any atom is 0.233 e. The third kappa shape index (κ3) is 4.74. The van der Waals surface area contributed by atoms with Crippen LogP contribution in [0.25, 0.3) is 0 Å². The SMILES string of the molecule is CCN1C(=O)[C@H]2[C@H]3[C@H](O)[C@H](O)C/C(=N/O[C@@H](C)c4cn([C@H](CO)Cc5ccccc5)nn4)[C@@H]3CC[C@@H]2C1=O. The van der Waals surface area contributed by atoms with Gasteiger partial charge in [-0.05, 0) is 38.7 Å². The predicted molar refractivity (Wildman–Crippen MR) is 135 cm³/mol. The Morgan fingerprint density at radius 1 is 1.13 bits per heavy atom. The number of rotatable bonds is 8. The van der Waals surface area contributed by atoms with Crippen molar-refractivity contribution in [2.45, 2.75) is 63.9 Å². The number of benzene rings is 1. The monoisotopic (exact) mass is 525 g/mol. The van der Waals surface area contributed by atoms with Crippen LogP contribution in [0.2, 0.25) is 0 Å². The maximum atomic E-state index is 13.0. The molecule has 3 aliphatic rings. The zero-order chi connectivity index (χ0) is 27.0. The number of carbonyl (C=O) groups excluding carboxylic acids is 2. The Morgan fingerprint density at radius 3 is 2.58 bits per heavy atom. The molecular weight excluding hydrogens is 490 g/mol. The molecule has 204 valence electrons. The van der Waals surface area contributed by atoms with Crippen molar-refractivity contribution in [1.29, 1.82) is 0 Å². The van der Waals surface area contributed by atoms with E-state index in [-0.39, 0.29) is 36.8 Å². The maximum absolute atomic E-state index is 13.0. The first kappa shape index (κ1) is 26.5. The summed E-state index contributed by atoms with van der Waals surface area (Å²) in [6.45, 7) is 3.74. The van der Waals surface area contributed by atoms with E-state index >= 15 is 0 Å². The van der Waals surface area contributed by atoms with E-state index in [9.17, 15) is 24.9 Å². The average molecular weight is 526 g/mol. The number of nitrogens with zero attached hydrogens (tertiary/aromatic N) is 5. The Bertz CT molecular complexity index is 1190. The number of fused-ring (bicyclic) bond motifs is 3. The first-order valence-electron chi connectivity index (χ1n) is 13.3. The van der Waals surface area contributed by atoms with Crippen LogP contribution in [0.15, 0.2) is 41.7 Å². The minimum absolute atomic E-state index is 0.0998. The van der Waals surface area contributed by atoms with E-state index in [1.165, 1.54) is 4.90 Å². The van der Waals surface area contributed by atoms with Crippen molar-refractivity contribution in [3.05, 3.63) is 47.8 Å². The van der Waals surface area contributed by atoms with Gasteiger partial charge in [-0.25, -0.2) is 4.68 Å². The van der Waals surface area contributed by atoms with Gasteiger partial charge in [-0.15, -0.1) is 5.10 Å². The molecular formula is C27H35N5O6. The second-order valence-corrected chi connectivity index (χ2v) is 10.6. The molecule has 1 saturated heterocycles. The van der Waals surface area contributed by atoms with Crippen molar-refractivity contribution in [3.8, 4) is 0 Å². The molecule has 0 bridgehead atoms. The highest BCUT2D eigenvalue weighted by Gasteiger charge is 2.59. The number of aliphatic hydroxyl groups excluding tert-OH is 3. The summed E-state index contributed by atoms with van der Waals surface area (Å²) in [4.78, 5) is 32.9. The number of imide groups is 1. The third-order valence-corrected chi connectivity index (χ3v) is 8.36. The summed E-state index contributed by atoms with van der Waals surface area (Å²) in [5.41, 5.74) is 2.19. The van der Waals surface area contributed by atoms with Gasteiger partial charge in [-0.2, -0.15) is 0 Å². The highest BCUT2D eigenvalue weighted by Crippen LogP contribution is 2.49. The van der Waals surface area contributed by atoms with Crippen molar-refractivity contribution in [1.82, 2.24) is 19.9 Å². The molecule has 5 rings (SSSR count). The van der Waals surface area contributed by atoms with Crippen LogP contribution in [0.5, 0.6) is 0 Å². The highest BCUT2D eigenvalue weighted by molar-refractivity contribution is 6.06. The number of aromatic nitrogens is 3. The van der Waals surface area contributed by atoms with Gasteiger partial charge in [0.05, 0.1) is 48.6 Å². The van der Waals surface area contributed by atoms with Crippen LogP contribution in [0.3, 0.4) is 0 Å². The second-order valence-electron chi connectivity index (χ2n) is 10.6. The summed E-state index contributed by atoms with van der Waals surface area (Å²) in [6.07, 6.45) is 0.788. The molecule has 1 aliphatic heterocycles. The van der Waals surface area contributed by atoms with E-state index in [1.54, 1.807) is 24.7 Å². The molecule has 3 fully saturated rings. The van der Waals surface area contributed by atoms with Gasteiger partial charge in [0.25, 0.3) is 0 Å². The Labute approximate surface area is 221 Å². The summed E-state index contributed by atoms with van der Waals surface area (Å²) in [6, 6.07) is 9.54. The van der Waals surface area contributed by atoms with Gasteiger partial charge in [0.2, 0.25) is 11.8 Å². The molecule has 0 unspecified atom stereocenters. The molecule has 2 saturated carbocycles. The van der Waals surface area contributed by atoms with Crippen LogP contribution in [0.1, 0.15) is 56.5 Å². The lowest BCUT2D eigenvalue weighted by atomic mass is 9.60. The van der Waals surface area contributed by atoms with Gasteiger partial charge in [0.15, 0.2) is 6.10 Å². The predicted octanol–water partition coefficient (Wildman–Crippen LogP) is 1.26.